The predicted octanol–water partition coefficient (Wildman–Crippen LogP) is 2.04. The number of hydrogen-bond acceptors (Lipinski definition) is 4. The van der Waals surface area contributed by atoms with Crippen molar-refractivity contribution in [2.45, 2.75) is 19.3 Å². The van der Waals surface area contributed by atoms with Crippen molar-refractivity contribution >= 4 is 5.97 Å². The number of rotatable bonds is 4. The number of carbonyl (C=O) groups is 1. The van der Waals surface area contributed by atoms with Gasteiger partial charge < -0.3 is 9.47 Å². The van der Waals surface area contributed by atoms with Gasteiger partial charge in [-0.25, -0.2) is 4.79 Å². The van der Waals surface area contributed by atoms with Crippen LogP contribution in [0.25, 0.3) is 0 Å². The lowest BCUT2D eigenvalue weighted by Gasteiger charge is -2.20. The zero-order chi connectivity index (χ0) is 12.9. The lowest BCUT2D eigenvalue weighted by molar-refractivity contribution is -0.147. The second-order valence-electron chi connectivity index (χ2n) is 3.69. The first-order chi connectivity index (χ1) is 8.08. The van der Waals surface area contributed by atoms with Crippen molar-refractivity contribution in [3.63, 3.8) is 0 Å². The van der Waals surface area contributed by atoms with Crippen molar-refractivity contribution in [1.29, 1.82) is 5.26 Å². The molecule has 0 bridgehead atoms. The minimum atomic E-state index is -1.30. The Morgan fingerprint density at radius 1 is 1.53 bits per heavy atom. The SMILES string of the molecule is CCOC(=O)[C@@](C)(C#N)c1cccc(OC)c1. The molecule has 90 valence electrons. The van der Waals surface area contributed by atoms with E-state index >= 15 is 0 Å². The molecule has 0 N–H and O–H groups in total. The van der Waals surface area contributed by atoms with E-state index in [1.807, 2.05) is 6.07 Å². The molecule has 1 atom stereocenters. The summed E-state index contributed by atoms with van der Waals surface area (Å²) in [5.74, 6) is 0.0593. The molecule has 0 saturated carbocycles. The molecule has 1 rings (SSSR count). The second-order valence-corrected chi connectivity index (χ2v) is 3.69. The summed E-state index contributed by atoms with van der Waals surface area (Å²) in [4.78, 5) is 11.8. The van der Waals surface area contributed by atoms with E-state index in [0.717, 1.165) is 0 Å². The van der Waals surface area contributed by atoms with Gasteiger partial charge in [-0.1, -0.05) is 12.1 Å². The van der Waals surface area contributed by atoms with Gasteiger partial charge in [-0.15, -0.1) is 0 Å². The smallest absolute Gasteiger partial charge is 0.330 e. The third-order valence-corrected chi connectivity index (χ3v) is 2.55. The molecule has 0 fully saturated rings. The number of nitrogens with zero attached hydrogens (tertiary/aromatic N) is 1. The van der Waals surface area contributed by atoms with Crippen LogP contribution in [-0.4, -0.2) is 19.7 Å². The number of methoxy groups -OCH3 is 1. The first-order valence-electron chi connectivity index (χ1n) is 5.31. The third-order valence-electron chi connectivity index (χ3n) is 2.55. The summed E-state index contributed by atoms with van der Waals surface area (Å²) in [6.07, 6.45) is 0. The number of nitriles is 1. The molecule has 0 aliphatic rings. The van der Waals surface area contributed by atoms with Gasteiger partial charge in [-0.05, 0) is 31.5 Å². The highest BCUT2D eigenvalue weighted by molar-refractivity contribution is 5.86. The van der Waals surface area contributed by atoms with E-state index in [9.17, 15) is 10.1 Å². The van der Waals surface area contributed by atoms with Crippen LogP contribution in [0, 0.1) is 11.3 Å². The van der Waals surface area contributed by atoms with Crippen molar-refractivity contribution in [1.82, 2.24) is 0 Å². The lowest BCUT2D eigenvalue weighted by Crippen LogP contribution is -2.32. The fourth-order valence-electron chi connectivity index (χ4n) is 1.44. The van der Waals surface area contributed by atoms with Crippen LogP contribution in [0.2, 0.25) is 0 Å². The molecule has 0 amide bonds. The van der Waals surface area contributed by atoms with E-state index in [1.54, 1.807) is 38.1 Å². The van der Waals surface area contributed by atoms with Crippen LogP contribution in [0.3, 0.4) is 0 Å². The molecule has 1 aromatic carbocycles. The highest BCUT2D eigenvalue weighted by atomic mass is 16.5. The molecular formula is C13H15NO3. The Balaban J connectivity index is 3.16. The summed E-state index contributed by atoms with van der Waals surface area (Å²) in [5, 5.41) is 9.21. The van der Waals surface area contributed by atoms with Gasteiger partial charge in [-0.3, -0.25) is 0 Å². The molecule has 0 radical (unpaired) electrons. The van der Waals surface area contributed by atoms with Crippen molar-refractivity contribution < 1.29 is 14.3 Å². The second kappa shape index (κ2) is 5.35. The van der Waals surface area contributed by atoms with E-state index in [2.05, 4.69) is 0 Å². The summed E-state index contributed by atoms with van der Waals surface area (Å²) < 4.78 is 10.00. The maximum absolute atomic E-state index is 11.8. The van der Waals surface area contributed by atoms with Crippen LogP contribution >= 0.6 is 0 Å². The fraction of sp³-hybridized carbons (Fsp3) is 0.385. The molecule has 1 aromatic rings. The minimum Gasteiger partial charge on any atom is -0.497 e. The van der Waals surface area contributed by atoms with E-state index < -0.39 is 11.4 Å². The Hall–Kier alpha value is -2.02. The van der Waals surface area contributed by atoms with Crippen molar-refractivity contribution in [3.05, 3.63) is 29.8 Å². The summed E-state index contributed by atoms with van der Waals surface area (Å²) in [6, 6.07) is 8.87. The Labute approximate surface area is 101 Å². The van der Waals surface area contributed by atoms with Gasteiger partial charge in [0.2, 0.25) is 0 Å². The van der Waals surface area contributed by atoms with Gasteiger partial charge in [0, 0.05) is 0 Å². The molecule has 0 unspecified atom stereocenters. The minimum absolute atomic E-state index is 0.250. The number of benzene rings is 1. The van der Waals surface area contributed by atoms with Crippen LogP contribution in [0.5, 0.6) is 5.75 Å². The monoisotopic (exact) mass is 233 g/mol. The van der Waals surface area contributed by atoms with Crippen LogP contribution in [-0.2, 0) is 14.9 Å². The third kappa shape index (κ3) is 2.56. The summed E-state index contributed by atoms with van der Waals surface area (Å²) >= 11 is 0. The molecule has 4 nitrogen and oxygen atoms in total. The molecule has 0 heterocycles. The van der Waals surface area contributed by atoms with Crippen LogP contribution in [0.1, 0.15) is 19.4 Å². The molecule has 4 heteroatoms. The molecule has 17 heavy (non-hydrogen) atoms. The van der Waals surface area contributed by atoms with Crippen LogP contribution in [0.4, 0.5) is 0 Å². The van der Waals surface area contributed by atoms with Gasteiger partial charge in [0.05, 0.1) is 19.8 Å². The molecule has 0 aliphatic heterocycles. The average molecular weight is 233 g/mol. The maximum atomic E-state index is 11.8. The normalized spacial score (nSPS) is 13.3. The zero-order valence-electron chi connectivity index (χ0n) is 10.2. The molecular weight excluding hydrogens is 218 g/mol. The summed E-state index contributed by atoms with van der Waals surface area (Å²) in [5.41, 5.74) is -0.734. The predicted molar refractivity (Wildman–Crippen MR) is 62.6 cm³/mol. The highest BCUT2D eigenvalue weighted by Crippen LogP contribution is 2.27. The van der Waals surface area contributed by atoms with E-state index in [-0.39, 0.29) is 6.61 Å². The molecule has 0 aliphatic carbocycles. The summed E-state index contributed by atoms with van der Waals surface area (Å²) in [6.45, 7) is 3.50. The Kier molecular flexibility index (Phi) is 4.11. The van der Waals surface area contributed by atoms with E-state index in [4.69, 9.17) is 9.47 Å². The Morgan fingerprint density at radius 2 is 2.24 bits per heavy atom. The quantitative estimate of drug-likeness (QED) is 0.747. The zero-order valence-corrected chi connectivity index (χ0v) is 10.2. The first-order valence-corrected chi connectivity index (χ1v) is 5.31. The van der Waals surface area contributed by atoms with Crippen LogP contribution in [0.15, 0.2) is 24.3 Å². The first kappa shape index (κ1) is 13.0. The summed E-state index contributed by atoms with van der Waals surface area (Å²) in [7, 11) is 1.53. The topological polar surface area (TPSA) is 59.3 Å². The number of carbonyl (C=O) groups excluding carboxylic acids is 1. The average Bonchev–Trinajstić information content (AvgIpc) is 2.38. The lowest BCUT2D eigenvalue weighted by atomic mass is 9.84. The number of hydrogen-bond donors (Lipinski definition) is 0. The largest absolute Gasteiger partial charge is 0.497 e. The van der Waals surface area contributed by atoms with Gasteiger partial charge in [0.25, 0.3) is 0 Å². The number of esters is 1. The standard InChI is InChI=1S/C13H15NO3/c1-4-17-12(15)13(2,9-14)10-6-5-7-11(8-10)16-3/h5-8H,4H2,1-3H3/t13-/m0/s1. The Morgan fingerprint density at radius 3 is 2.76 bits per heavy atom. The number of ether oxygens (including phenoxy) is 2. The molecule has 0 saturated heterocycles. The molecule has 0 aromatic heterocycles. The van der Waals surface area contributed by atoms with Crippen molar-refractivity contribution in [2.75, 3.05) is 13.7 Å². The van der Waals surface area contributed by atoms with E-state index in [1.165, 1.54) is 7.11 Å². The highest BCUT2D eigenvalue weighted by Gasteiger charge is 2.37. The molecule has 0 spiro atoms. The van der Waals surface area contributed by atoms with E-state index in [0.29, 0.717) is 11.3 Å². The maximum Gasteiger partial charge on any atom is 0.330 e. The van der Waals surface area contributed by atoms with Gasteiger partial charge in [0.15, 0.2) is 5.41 Å². The van der Waals surface area contributed by atoms with Gasteiger partial charge in [-0.2, -0.15) is 5.26 Å². The fourth-order valence-corrected chi connectivity index (χ4v) is 1.44. The Bertz CT molecular complexity index is 450. The van der Waals surface area contributed by atoms with Crippen molar-refractivity contribution in [3.8, 4) is 11.8 Å². The van der Waals surface area contributed by atoms with Crippen molar-refractivity contribution in [2.24, 2.45) is 0 Å². The van der Waals surface area contributed by atoms with Gasteiger partial charge in [0.1, 0.15) is 5.75 Å². The van der Waals surface area contributed by atoms with Crippen LogP contribution < -0.4 is 4.74 Å². The van der Waals surface area contributed by atoms with Gasteiger partial charge >= 0.3 is 5.97 Å².